The summed E-state index contributed by atoms with van der Waals surface area (Å²) in [6, 6.07) is 3.91. The minimum Gasteiger partial charge on any atom is -0.394 e. The number of halogens is 1. The number of nitrogens with two attached hydrogens (primary N) is 1. The van der Waals surface area contributed by atoms with Crippen molar-refractivity contribution in [1.82, 2.24) is 0 Å². The van der Waals surface area contributed by atoms with Crippen molar-refractivity contribution in [2.75, 3.05) is 6.61 Å². The van der Waals surface area contributed by atoms with Crippen molar-refractivity contribution in [2.45, 2.75) is 25.3 Å². The Morgan fingerprint density at radius 3 is 2.93 bits per heavy atom. The lowest BCUT2D eigenvalue weighted by Crippen LogP contribution is -2.14. The summed E-state index contributed by atoms with van der Waals surface area (Å²) in [5.41, 5.74) is 9.62. The van der Waals surface area contributed by atoms with Crippen molar-refractivity contribution in [2.24, 2.45) is 5.73 Å². The molecule has 0 amide bonds. The number of aliphatic hydroxyl groups excluding tert-OH is 1. The molecule has 1 aliphatic rings. The zero-order valence-electron chi connectivity index (χ0n) is 7.96. The van der Waals surface area contributed by atoms with Gasteiger partial charge in [0.15, 0.2) is 0 Å². The number of rotatable bonds is 2. The lowest BCUT2D eigenvalue weighted by Gasteiger charge is -2.12. The van der Waals surface area contributed by atoms with Crippen molar-refractivity contribution < 1.29 is 5.11 Å². The molecule has 14 heavy (non-hydrogen) atoms. The van der Waals surface area contributed by atoms with Gasteiger partial charge in [-0.1, -0.05) is 22.0 Å². The van der Waals surface area contributed by atoms with Crippen LogP contribution in [-0.2, 0) is 12.8 Å². The molecular formula is C11H14BrNO. The molecule has 3 heteroatoms. The molecule has 2 nitrogen and oxygen atoms in total. The maximum absolute atomic E-state index is 8.99. The van der Waals surface area contributed by atoms with Gasteiger partial charge in [-0.2, -0.15) is 0 Å². The number of aryl methyl sites for hydroxylation is 1. The Bertz CT molecular complexity index is 351. The summed E-state index contributed by atoms with van der Waals surface area (Å²) in [6.45, 7) is 0.00519. The standard InChI is InChI=1S/C11H14BrNO/c12-10-5-8(11(13)6-14)4-7-2-1-3-9(7)10/h4-5,11,14H,1-3,6,13H2/t11-/m1/s1. The summed E-state index contributed by atoms with van der Waals surface area (Å²) < 4.78 is 1.14. The number of hydrogen-bond donors (Lipinski definition) is 2. The summed E-state index contributed by atoms with van der Waals surface area (Å²) in [7, 11) is 0. The van der Waals surface area contributed by atoms with Crippen molar-refractivity contribution in [1.29, 1.82) is 0 Å². The third kappa shape index (κ3) is 1.72. The second kappa shape index (κ2) is 4.01. The van der Waals surface area contributed by atoms with Gasteiger partial charge in [0.05, 0.1) is 12.6 Å². The Morgan fingerprint density at radius 2 is 2.21 bits per heavy atom. The predicted molar refractivity (Wildman–Crippen MR) is 60.2 cm³/mol. The SMILES string of the molecule is N[C@H](CO)c1cc(Br)c2c(c1)CCC2. The van der Waals surface area contributed by atoms with Gasteiger partial charge in [0.1, 0.15) is 0 Å². The first-order chi connectivity index (χ1) is 6.72. The minimum absolute atomic E-state index is 0.00519. The molecule has 0 spiro atoms. The first-order valence-corrected chi connectivity index (χ1v) is 5.69. The summed E-state index contributed by atoms with van der Waals surface area (Å²) >= 11 is 3.56. The van der Waals surface area contributed by atoms with Crippen LogP contribution in [0.15, 0.2) is 16.6 Å². The maximum Gasteiger partial charge on any atom is 0.0624 e. The molecule has 1 aromatic rings. The quantitative estimate of drug-likeness (QED) is 0.849. The molecule has 76 valence electrons. The van der Waals surface area contributed by atoms with Gasteiger partial charge in [0, 0.05) is 4.47 Å². The van der Waals surface area contributed by atoms with Crippen LogP contribution in [-0.4, -0.2) is 11.7 Å². The molecule has 1 aliphatic carbocycles. The summed E-state index contributed by atoms with van der Waals surface area (Å²) in [5, 5.41) is 8.99. The van der Waals surface area contributed by atoms with Crippen LogP contribution in [0, 0.1) is 0 Å². The van der Waals surface area contributed by atoms with Gasteiger partial charge >= 0.3 is 0 Å². The number of aliphatic hydroxyl groups is 1. The van der Waals surface area contributed by atoms with Crippen LogP contribution < -0.4 is 5.73 Å². The highest BCUT2D eigenvalue weighted by molar-refractivity contribution is 9.10. The molecule has 0 heterocycles. The van der Waals surface area contributed by atoms with Crippen molar-refractivity contribution in [3.63, 3.8) is 0 Å². The average molecular weight is 256 g/mol. The van der Waals surface area contributed by atoms with E-state index in [0.29, 0.717) is 0 Å². The molecular weight excluding hydrogens is 242 g/mol. The highest BCUT2D eigenvalue weighted by atomic mass is 79.9. The number of hydrogen-bond acceptors (Lipinski definition) is 2. The van der Waals surface area contributed by atoms with Crippen molar-refractivity contribution in [3.05, 3.63) is 33.3 Å². The van der Waals surface area contributed by atoms with Gasteiger partial charge in [-0.15, -0.1) is 0 Å². The molecule has 1 aromatic carbocycles. The highest BCUT2D eigenvalue weighted by Crippen LogP contribution is 2.31. The van der Waals surface area contributed by atoms with Crippen molar-refractivity contribution >= 4 is 15.9 Å². The predicted octanol–water partition coefficient (Wildman–Crippen LogP) is 1.93. The number of fused-ring (bicyclic) bond motifs is 1. The lowest BCUT2D eigenvalue weighted by atomic mass is 10.0. The van der Waals surface area contributed by atoms with Crippen LogP contribution in [0.5, 0.6) is 0 Å². The third-order valence-corrected chi connectivity index (χ3v) is 3.52. The second-order valence-corrected chi connectivity index (χ2v) is 4.64. The van der Waals surface area contributed by atoms with E-state index in [1.165, 1.54) is 17.5 Å². The van der Waals surface area contributed by atoms with E-state index < -0.39 is 0 Å². The third-order valence-electron chi connectivity index (χ3n) is 2.81. The maximum atomic E-state index is 8.99. The number of benzene rings is 1. The van der Waals surface area contributed by atoms with Gasteiger partial charge in [0.25, 0.3) is 0 Å². The molecule has 0 bridgehead atoms. The van der Waals surface area contributed by atoms with E-state index in [4.69, 9.17) is 10.8 Å². The molecule has 1 atom stereocenters. The molecule has 0 radical (unpaired) electrons. The molecule has 2 rings (SSSR count). The fourth-order valence-corrected chi connectivity index (χ4v) is 2.71. The lowest BCUT2D eigenvalue weighted by molar-refractivity contribution is 0.268. The van der Waals surface area contributed by atoms with E-state index in [0.717, 1.165) is 22.9 Å². The van der Waals surface area contributed by atoms with E-state index in [1.54, 1.807) is 0 Å². The monoisotopic (exact) mass is 255 g/mol. The Kier molecular flexibility index (Phi) is 2.91. The van der Waals surface area contributed by atoms with Crippen LogP contribution >= 0.6 is 15.9 Å². The van der Waals surface area contributed by atoms with Gasteiger partial charge < -0.3 is 10.8 Å². The molecule has 0 saturated heterocycles. The topological polar surface area (TPSA) is 46.2 Å². The van der Waals surface area contributed by atoms with E-state index in [9.17, 15) is 0 Å². The van der Waals surface area contributed by atoms with Crippen LogP contribution in [0.25, 0.3) is 0 Å². The Labute approximate surface area is 92.3 Å². The molecule has 0 unspecified atom stereocenters. The van der Waals surface area contributed by atoms with Crippen LogP contribution in [0.1, 0.15) is 29.2 Å². The summed E-state index contributed by atoms with van der Waals surface area (Å²) in [5.74, 6) is 0. The molecule has 0 saturated carbocycles. The Hall–Kier alpha value is -0.380. The highest BCUT2D eigenvalue weighted by Gasteiger charge is 2.16. The second-order valence-electron chi connectivity index (χ2n) is 3.78. The zero-order chi connectivity index (χ0) is 10.1. The largest absolute Gasteiger partial charge is 0.394 e. The van der Waals surface area contributed by atoms with Gasteiger partial charge in [0.2, 0.25) is 0 Å². The Morgan fingerprint density at radius 1 is 1.43 bits per heavy atom. The fourth-order valence-electron chi connectivity index (χ4n) is 1.99. The van der Waals surface area contributed by atoms with Gasteiger partial charge in [-0.25, -0.2) is 0 Å². The normalized spacial score (nSPS) is 16.8. The van der Waals surface area contributed by atoms with E-state index in [-0.39, 0.29) is 12.6 Å². The first kappa shape index (κ1) is 10.1. The summed E-state index contributed by atoms with van der Waals surface area (Å²) in [4.78, 5) is 0. The molecule has 0 aromatic heterocycles. The van der Waals surface area contributed by atoms with E-state index in [2.05, 4.69) is 22.0 Å². The molecule has 0 aliphatic heterocycles. The van der Waals surface area contributed by atoms with Crippen LogP contribution in [0.4, 0.5) is 0 Å². The average Bonchev–Trinajstić information content (AvgIpc) is 2.64. The van der Waals surface area contributed by atoms with E-state index in [1.807, 2.05) is 6.07 Å². The van der Waals surface area contributed by atoms with Crippen LogP contribution in [0.3, 0.4) is 0 Å². The van der Waals surface area contributed by atoms with Crippen molar-refractivity contribution in [3.8, 4) is 0 Å². The van der Waals surface area contributed by atoms with Crippen LogP contribution in [0.2, 0.25) is 0 Å². The zero-order valence-corrected chi connectivity index (χ0v) is 9.55. The first-order valence-electron chi connectivity index (χ1n) is 4.90. The van der Waals surface area contributed by atoms with Gasteiger partial charge in [-0.3, -0.25) is 0 Å². The minimum atomic E-state index is -0.253. The molecule has 3 N–H and O–H groups in total. The smallest absolute Gasteiger partial charge is 0.0624 e. The van der Waals surface area contributed by atoms with Gasteiger partial charge in [-0.05, 0) is 42.0 Å². The molecule has 0 fully saturated rings. The Balaban J connectivity index is 2.41. The summed E-state index contributed by atoms with van der Waals surface area (Å²) in [6.07, 6.45) is 3.52. The fraction of sp³-hybridized carbons (Fsp3) is 0.455. The van der Waals surface area contributed by atoms with E-state index >= 15 is 0 Å².